The van der Waals surface area contributed by atoms with Crippen LogP contribution in [0.3, 0.4) is 0 Å². The lowest BCUT2D eigenvalue weighted by Gasteiger charge is -2.05. The van der Waals surface area contributed by atoms with Crippen LogP contribution in [0, 0.1) is 0 Å². The molecule has 0 aliphatic carbocycles. The third kappa shape index (κ3) is 4.50. The molecule has 0 radical (unpaired) electrons. The number of carbonyl (C=O) groups excluding carboxylic acids is 2. The number of ether oxygens (including phenoxy) is 2. The van der Waals surface area contributed by atoms with E-state index in [1.165, 1.54) is 31.2 Å². The summed E-state index contributed by atoms with van der Waals surface area (Å²) < 4.78 is 32.8. The summed E-state index contributed by atoms with van der Waals surface area (Å²) in [6.07, 6.45) is 1.26. The number of ketones is 1. The third-order valence-corrected chi connectivity index (χ3v) is 2.18. The predicted octanol–water partition coefficient (Wildman–Crippen LogP) is 2.43. The highest BCUT2D eigenvalue weighted by Gasteiger charge is 2.14. The maximum Gasteiger partial charge on any atom is 0.387 e. The van der Waals surface area contributed by atoms with E-state index in [1.54, 1.807) is 6.07 Å². The van der Waals surface area contributed by atoms with Crippen molar-refractivity contribution < 1.29 is 27.8 Å². The van der Waals surface area contributed by atoms with Gasteiger partial charge in [0.15, 0.2) is 5.78 Å². The van der Waals surface area contributed by atoms with Crippen LogP contribution in [0.1, 0.15) is 12.5 Å². The standard InChI is InChI=1S/C13H12F2O4/c1-8(16)11(12(17)18-2)7-9-4-3-5-10(6-9)19-13(14)15/h3-7,13H,1-2H3/b11-7+. The van der Waals surface area contributed by atoms with Gasteiger partial charge in [0.25, 0.3) is 0 Å². The first-order valence-corrected chi connectivity index (χ1v) is 5.30. The van der Waals surface area contributed by atoms with Crippen molar-refractivity contribution >= 4 is 17.8 Å². The normalized spacial score (nSPS) is 11.3. The Labute approximate surface area is 108 Å². The molecule has 0 saturated carbocycles. The largest absolute Gasteiger partial charge is 0.465 e. The second-order valence-electron chi connectivity index (χ2n) is 3.56. The SMILES string of the molecule is COC(=O)/C(=C/c1cccc(OC(F)F)c1)C(C)=O. The molecule has 0 heterocycles. The maximum atomic E-state index is 12.1. The predicted molar refractivity (Wildman–Crippen MR) is 63.7 cm³/mol. The molecule has 0 bridgehead atoms. The molecule has 1 aromatic carbocycles. The van der Waals surface area contributed by atoms with Crippen LogP contribution in [0.15, 0.2) is 29.8 Å². The molecule has 0 spiro atoms. The minimum atomic E-state index is -2.94. The Kier molecular flexibility index (Phi) is 5.17. The summed E-state index contributed by atoms with van der Waals surface area (Å²) in [4.78, 5) is 22.6. The Morgan fingerprint density at radius 2 is 2.00 bits per heavy atom. The molecule has 0 N–H and O–H groups in total. The van der Waals surface area contributed by atoms with Crippen LogP contribution in [0.2, 0.25) is 0 Å². The lowest BCUT2D eigenvalue weighted by molar-refractivity contribution is -0.137. The summed E-state index contributed by atoms with van der Waals surface area (Å²) in [6.45, 7) is -1.73. The highest BCUT2D eigenvalue weighted by atomic mass is 19.3. The number of carbonyl (C=O) groups is 2. The Morgan fingerprint density at radius 3 is 2.53 bits per heavy atom. The van der Waals surface area contributed by atoms with Gasteiger partial charge in [-0.1, -0.05) is 12.1 Å². The fraction of sp³-hybridized carbons (Fsp3) is 0.231. The third-order valence-electron chi connectivity index (χ3n) is 2.18. The summed E-state index contributed by atoms with van der Waals surface area (Å²) in [6, 6.07) is 5.65. The molecular formula is C13H12F2O4. The van der Waals surface area contributed by atoms with E-state index >= 15 is 0 Å². The number of hydrogen-bond donors (Lipinski definition) is 0. The van der Waals surface area contributed by atoms with E-state index in [1.807, 2.05) is 0 Å². The van der Waals surface area contributed by atoms with E-state index in [0.717, 1.165) is 7.11 Å². The lowest BCUT2D eigenvalue weighted by atomic mass is 10.1. The molecule has 0 aromatic heterocycles. The van der Waals surface area contributed by atoms with Crippen molar-refractivity contribution in [3.63, 3.8) is 0 Å². The monoisotopic (exact) mass is 270 g/mol. The summed E-state index contributed by atoms with van der Waals surface area (Å²) in [5.41, 5.74) is 0.213. The summed E-state index contributed by atoms with van der Waals surface area (Å²) >= 11 is 0. The smallest absolute Gasteiger partial charge is 0.387 e. The minimum Gasteiger partial charge on any atom is -0.465 e. The van der Waals surface area contributed by atoms with Gasteiger partial charge in [0, 0.05) is 0 Å². The zero-order chi connectivity index (χ0) is 14.4. The van der Waals surface area contributed by atoms with Gasteiger partial charge < -0.3 is 9.47 Å². The first-order chi connectivity index (χ1) is 8.93. The molecule has 0 aliphatic rings. The van der Waals surface area contributed by atoms with Gasteiger partial charge in [0.2, 0.25) is 0 Å². The van der Waals surface area contributed by atoms with Gasteiger partial charge in [0.1, 0.15) is 11.3 Å². The van der Waals surface area contributed by atoms with Crippen LogP contribution in [0.5, 0.6) is 5.75 Å². The molecule has 0 aliphatic heterocycles. The molecule has 4 nitrogen and oxygen atoms in total. The van der Waals surface area contributed by atoms with Crippen LogP contribution in [-0.4, -0.2) is 25.5 Å². The van der Waals surface area contributed by atoms with Crippen molar-refractivity contribution in [1.82, 2.24) is 0 Å². The van der Waals surface area contributed by atoms with Gasteiger partial charge in [-0.25, -0.2) is 4.79 Å². The van der Waals surface area contributed by atoms with Crippen LogP contribution < -0.4 is 4.74 Å². The topological polar surface area (TPSA) is 52.6 Å². The molecule has 0 amide bonds. The number of rotatable bonds is 5. The van der Waals surface area contributed by atoms with Crippen molar-refractivity contribution in [1.29, 1.82) is 0 Å². The average molecular weight is 270 g/mol. The van der Waals surface area contributed by atoms with E-state index in [2.05, 4.69) is 9.47 Å². The van der Waals surface area contributed by atoms with E-state index < -0.39 is 18.4 Å². The van der Waals surface area contributed by atoms with Crippen LogP contribution in [0.4, 0.5) is 8.78 Å². The molecule has 0 unspecified atom stereocenters. The Morgan fingerprint density at radius 1 is 1.32 bits per heavy atom. The van der Waals surface area contributed by atoms with E-state index in [9.17, 15) is 18.4 Å². The molecule has 0 atom stereocenters. The molecule has 1 rings (SSSR count). The van der Waals surface area contributed by atoms with E-state index in [0.29, 0.717) is 5.56 Å². The zero-order valence-corrected chi connectivity index (χ0v) is 10.4. The van der Waals surface area contributed by atoms with Crippen molar-refractivity contribution in [2.75, 3.05) is 7.11 Å². The van der Waals surface area contributed by atoms with Gasteiger partial charge >= 0.3 is 12.6 Å². The Hall–Kier alpha value is -2.24. The molecular weight excluding hydrogens is 258 g/mol. The Balaban J connectivity index is 3.07. The molecule has 19 heavy (non-hydrogen) atoms. The van der Waals surface area contributed by atoms with Crippen molar-refractivity contribution in [3.05, 3.63) is 35.4 Å². The minimum absolute atomic E-state index is 0.0588. The molecule has 1 aromatic rings. The fourth-order valence-corrected chi connectivity index (χ4v) is 1.36. The number of hydrogen-bond acceptors (Lipinski definition) is 4. The van der Waals surface area contributed by atoms with Crippen LogP contribution >= 0.6 is 0 Å². The van der Waals surface area contributed by atoms with Crippen molar-refractivity contribution in [2.24, 2.45) is 0 Å². The van der Waals surface area contributed by atoms with Crippen molar-refractivity contribution in [3.8, 4) is 5.75 Å². The highest BCUT2D eigenvalue weighted by molar-refractivity contribution is 6.19. The molecule has 6 heteroatoms. The molecule has 0 saturated heterocycles. The van der Waals surface area contributed by atoms with Crippen molar-refractivity contribution in [2.45, 2.75) is 13.5 Å². The van der Waals surface area contributed by atoms with Gasteiger partial charge in [-0.15, -0.1) is 0 Å². The first-order valence-electron chi connectivity index (χ1n) is 5.30. The zero-order valence-electron chi connectivity index (χ0n) is 10.4. The number of alkyl halides is 2. The Bertz CT molecular complexity index is 509. The highest BCUT2D eigenvalue weighted by Crippen LogP contribution is 2.18. The average Bonchev–Trinajstić information content (AvgIpc) is 2.34. The summed E-state index contributed by atoms with van der Waals surface area (Å²) in [7, 11) is 1.15. The fourth-order valence-electron chi connectivity index (χ4n) is 1.36. The second kappa shape index (κ2) is 6.63. The number of halogens is 2. The van der Waals surface area contributed by atoms with E-state index in [-0.39, 0.29) is 11.3 Å². The lowest BCUT2D eigenvalue weighted by Crippen LogP contribution is -2.11. The summed E-state index contributed by atoms with van der Waals surface area (Å²) in [5.74, 6) is -1.32. The number of benzene rings is 1. The van der Waals surface area contributed by atoms with Gasteiger partial charge in [-0.3, -0.25) is 4.79 Å². The van der Waals surface area contributed by atoms with E-state index in [4.69, 9.17) is 0 Å². The maximum absolute atomic E-state index is 12.1. The van der Waals surface area contributed by atoms with Gasteiger partial charge in [-0.05, 0) is 30.7 Å². The molecule has 102 valence electrons. The van der Waals surface area contributed by atoms with Gasteiger partial charge in [0.05, 0.1) is 7.11 Å². The summed E-state index contributed by atoms with van der Waals surface area (Å²) in [5, 5.41) is 0. The second-order valence-corrected chi connectivity index (χ2v) is 3.56. The molecule has 0 fully saturated rings. The van der Waals surface area contributed by atoms with Crippen LogP contribution in [0.25, 0.3) is 6.08 Å². The number of esters is 1. The number of Topliss-reactive ketones (excluding diaryl/α,β-unsaturated/α-hetero) is 1. The first kappa shape index (κ1) is 14.8. The van der Waals surface area contributed by atoms with Gasteiger partial charge in [-0.2, -0.15) is 8.78 Å². The number of methoxy groups -OCH3 is 1. The quantitative estimate of drug-likeness (QED) is 0.357. The van der Waals surface area contributed by atoms with Crippen LogP contribution in [-0.2, 0) is 14.3 Å².